The molecule has 1 fully saturated rings. The molecule has 100 valence electrons. The lowest BCUT2D eigenvalue weighted by Gasteiger charge is -2.32. The summed E-state index contributed by atoms with van der Waals surface area (Å²) in [6.07, 6.45) is 4.24. The SMILES string of the molecule is CC1CC(Oc2cc(C(C)N)ccn2)CC(C)O1. The second-order valence-corrected chi connectivity index (χ2v) is 5.18. The molecule has 4 heteroatoms. The Morgan fingerprint density at radius 3 is 2.67 bits per heavy atom. The summed E-state index contributed by atoms with van der Waals surface area (Å²) < 4.78 is 11.6. The maximum Gasteiger partial charge on any atom is 0.213 e. The van der Waals surface area contributed by atoms with Crippen LogP contribution in [0.3, 0.4) is 0 Å². The van der Waals surface area contributed by atoms with Crippen molar-refractivity contribution in [3.05, 3.63) is 23.9 Å². The maximum atomic E-state index is 5.94. The molecule has 0 saturated carbocycles. The molecule has 1 aromatic rings. The van der Waals surface area contributed by atoms with Gasteiger partial charge in [-0.2, -0.15) is 0 Å². The molecule has 0 radical (unpaired) electrons. The molecule has 2 heterocycles. The second kappa shape index (κ2) is 5.67. The summed E-state index contributed by atoms with van der Waals surface area (Å²) in [4.78, 5) is 4.25. The average molecular weight is 250 g/mol. The normalized spacial score (nSPS) is 29.9. The van der Waals surface area contributed by atoms with Crippen LogP contribution in [-0.2, 0) is 4.74 Å². The quantitative estimate of drug-likeness (QED) is 0.895. The first-order valence-corrected chi connectivity index (χ1v) is 6.58. The van der Waals surface area contributed by atoms with E-state index < -0.39 is 0 Å². The van der Waals surface area contributed by atoms with E-state index in [1.54, 1.807) is 6.20 Å². The van der Waals surface area contributed by atoms with Gasteiger partial charge in [0.05, 0.1) is 12.2 Å². The third-order valence-electron chi connectivity index (χ3n) is 3.23. The lowest BCUT2D eigenvalue weighted by molar-refractivity contribution is -0.0729. The zero-order valence-electron chi connectivity index (χ0n) is 11.3. The van der Waals surface area contributed by atoms with Gasteiger partial charge in [-0.3, -0.25) is 0 Å². The predicted molar refractivity (Wildman–Crippen MR) is 70.5 cm³/mol. The van der Waals surface area contributed by atoms with Crippen molar-refractivity contribution in [2.24, 2.45) is 5.73 Å². The molecular formula is C14H22N2O2. The van der Waals surface area contributed by atoms with E-state index in [2.05, 4.69) is 18.8 Å². The van der Waals surface area contributed by atoms with Crippen molar-refractivity contribution in [1.29, 1.82) is 0 Å². The van der Waals surface area contributed by atoms with Crippen molar-refractivity contribution in [3.8, 4) is 5.88 Å². The summed E-state index contributed by atoms with van der Waals surface area (Å²) in [5, 5.41) is 0. The fourth-order valence-electron chi connectivity index (χ4n) is 2.38. The van der Waals surface area contributed by atoms with Crippen LogP contribution in [0.25, 0.3) is 0 Å². The molecule has 4 nitrogen and oxygen atoms in total. The van der Waals surface area contributed by atoms with Crippen LogP contribution in [0.2, 0.25) is 0 Å². The summed E-state index contributed by atoms with van der Waals surface area (Å²) in [7, 11) is 0. The van der Waals surface area contributed by atoms with Gasteiger partial charge in [-0.15, -0.1) is 0 Å². The predicted octanol–water partition coefficient (Wildman–Crippen LogP) is 2.44. The summed E-state index contributed by atoms with van der Waals surface area (Å²) >= 11 is 0. The van der Waals surface area contributed by atoms with Crippen LogP contribution in [0.4, 0.5) is 0 Å². The number of hydrogen-bond donors (Lipinski definition) is 1. The molecule has 1 aliphatic heterocycles. The van der Waals surface area contributed by atoms with Crippen molar-refractivity contribution >= 4 is 0 Å². The maximum absolute atomic E-state index is 5.94. The number of hydrogen-bond acceptors (Lipinski definition) is 4. The fourth-order valence-corrected chi connectivity index (χ4v) is 2.38. The first kappa shape index (κ1) is 13.3. The third kappa shape index (κ3) is 3.43. The van der Waals surface area contributed by atoms with Crippen LogP contribution in [0.5, 0.6) is 5.88 Å². The molecule has 0 bridgehead atoms. The highest BCUT2D eigenvalue weighted by atomic mass is 16.5. The first-order chi connectivity index (χ1) is 8.54. The first-order valence-electron chi connectivity index (χ1n) is 6.58. The molecule has 0 amide bonds. The molecule has 0 spiro atoms. The minimum absolute atomic E-state index is 0.00267. The minimum Gasteiger partial charge on any atom is -0.474 e. The number of nitrogens with two attached hydrogens (primary N) is 1. The van der Waals surface area contributed by atoms with Crippen LogP contribution < -0.4 is 10.5 Å². The fraction of sp³-hybridized carbons (Fsp3) is 0.643. The summed E-state index contributed by atoms with van der Waals surface area (Å²) in [5.41, 5.74) is 6.91. The van der Waals surface area contributed by atoms with Crippen molar-refractivity contribution < 1.29 is 9.47 Å². The highest BCUT2D eigenvalue weighted by Crippen LogP contribution is 2.24. The van der Waals surface area contributed by atoms with Gasteiger partial charge in [-0.25, -0.2) is 4.98 Å². The van der Waals surface area contributed by atoms with Gasteiger partial charge >= 0.3 is 0 Å². The monoisotopic (exact) mass is 250 g/mol. The number of nitrogens with zero attached hydrogens (tertiary/aromatic N) is 1. The molecule has 2 rings (SSSR count). The highest BCUT2D eigenvalue weighted by Gasteiger charge is 2.26. The topological polar surface area (TPSA) is 57.4 Å². The Kier molecular flexibility index (Phi) is 4.19. The van der Waals surface area contributed by atoms with Crippen LogP contribution in [0.15, 0.2) is 18.3 Å². The molecule has 1 saturated heterocycles. The van der Waals surface area contributed by atoms with Gasteiger partial charge < -0.3 is 15.2 Å². The smallest absolute Gasteiger partial charge is 0.213 e. The van der Waals surface area contributed by atoms with Gasteiger partial charge in [0.25, 0.3) is 0 Å². The Balaban J connectivity index is 2.02. The number of aromatic nitrogens is 1. The minimum atomic E-state index is 0.00267. The Morgan fingerprint density at radius 1 is 1.39 bits per heavy atom. The Bertz CT molecular complexity index is 385. The van der Waals surface area contributed by atoms with Gasteiger partial charge in [-0.05, 0) is 32.4 Å². The van der Waals surface area contributed by atoms with Crippen molar-refractivity contribution in [2.75, 3.05) is 0 Å². The second-order valence-electron chi connectivity index (χ2n) is 5.18. The van der Waals surface area contributed by atoms with Crippen molar-refractivity contribution in [1.82, 2.24) is 4.98 Å². The standard InChI is InChI=1S/C14H22N2O2/c1-9-6-13(7-10(2)17-9)18-14-8-12(11(3)15)4-5-16-14/h4-5,8-11,13H,6-7,15H2,1-3H3. The molecule has 0 aromatic carbocycles. The Morgan fingerprint density at radius 2 is 2.06 bits per heavy atom. The molecular weight excluding hydrogens is 228 g/mol. The van der Waals surface area contributed by atoms with Gasteiger partial charge in [0.1, 0.15) is 6.10 Å². The highest BCUT2D eigenvalue weighted by molar-refractivity contribution is 5.23. The van der Waals surface area contributed by atoms with E-state index in [1.807, 2.05) is 19.1 Å². The van der Waals surface area contributed by atoms with E-state index >= 15 is 0 Å². The lowest BCUT2D eigenvalue weighted by atomic mass is 10.0. The molecule has 3 atom stereocenters. The molecule has 1 aliphatic rings. The van der Waals surface area contributed by atoms with E-state index in [9.17, 15) is 0 Å². The average Bonchev–Trinajstić information content (AvgIpc) is 2.27. The molecule has 0 aliphatic carbocycles. The molecule has 18 heavy (non-hydrogen) atoms. The van der Waals surface area contributed by atoms with Gasteiger partial charge in [0, 0.05) is 31.1 Å². The molecule has 1 aromatic heterocycles. The Labute approximate surface area is 108 Å². The number of ether oxygens (including phenoxy) is 2. The zero-order chi connectivity index (χ0) is 13.1. The van der Waals surface area contributed by atoms with E-state index in [1.165, 1.54) is 0 Å². The summed E-state index contributed by atoms with van der Waals surface area (Å²) in [6, 6.07) is 3.85. The third-order valence-corrected chi connectivity index (χ3v) is 3.23. The van der Waals surface area contributed by atoms with Gasteiger partial charge in [0.2, 0.25) is 5.88 Å². The van der Waals surface area contributed by atoms with Gasteiger partial charge in [0.15, 0.2) is 0 Å². The molecule has 3 unspecified atom stereocenters. The van der Waals surface area contributed by atoms with Crippen LogP contribution in [-0.4, -0.2) is 23.3 Å². The van der Waals surface area contributed by atoms with Crippen LogP contribution in [0, 0.1) is 0 Å². The Hall–Kier alpha value is -1.13. The zero-order valence-corrected chi connectivity index (χ0v) is 11.3. The van der Waals surface area contributed by atoms with Crippen molar-refractivity contribution in [3.63, 3.8) is 0 Å². The molecule has 2 N–H and O–H groups in total. The van der Waals surface area contributed by atoms with E-state index in [-0.39, 0.29) is 24.4 Å². The summed E-state index contributed by atoms with van der Waals surface area (Å²) in [6.45, 7) is 6.12. The van der Waals surface area contributed by atoms with E-state index in [4.69, 9.17) is 15.2 Å². The lowest BCUT2D eigenvalue weighted by Crippen LogP contribution is -2.35. The summed E-state index contributed by atoms with van der Waals surface area (Å²) in [5.74, 6) is 0.663. The van der Waals surface area contributed by atoms with Crippen LogP contribution in [0.1, 0.15) is 45.2 Å². The van der Waals surface area contributed by atoms with Crippen molar-refractivity contribution in [2.45, 2.75) is 58.0 Å². The van der Waals surface area contributed by atoms with Gasteiger partial charge in [-0.1, -0.05) is 0 Å². The van der Waals surface area contributed by atoms with E-state index in [0.717, 1.165) is 18.4 Å². The van der Waals surface area contributed by atoms with Crippen LogP contribution >= 0.6 is 0 Å². The largest absolute Gasteiger partial charge is 0.474 e. The van der Waals surface area contributed by atoms with E-state index in [0.29, 0.717) is 5.88 Å². The number of rotatable bonds is 3. The number of pyridine rings is 1.